The average molecular weight is 229 g/mol. The van der Waals surface area contributed by atoms with E-state index in [1.165, 1.54) is 38.5 Å². The quantitative estimate of drug-likeness (QED) is 0.614. The van der Waals surface area contributed by atoms with E-state index in [9.17, 15) is 4.39 Å². The van der Waals surface area contributed by atoms with Gasteiger partial charge in [0.1, 0.15) is 5.67 Å². The molecule has 0 saturated carbocycles. The molecular weight excluding hydrogens is 201 g/mol. The Hall–Kier alpha value is -0.110. The van der Waals surface area contributed by atoms with Crippen LogP contribution in [0.1, 0.15) is 71.1 Å². The molecule has 2 heteroatoms. The van der Waals surface area contributed by atoms with Crippen LogP contribution in [0.15, 0.2) is 0 Å². The number of rotatable bonds is 8. The van der Waals surface area contributed by atoms with Crippen LogP contribution in [0, 0.1) is 0 Å². The first-order chi connectivity index (χ1) is 7.77. The SMILES string of the molecule is CCCCCCCCCC1(F)CCNCC1. The number of hydrogen-bond acceptors (Lipinski definition) is 1. The molecular formula is C14H28FN. The molecule has 1 aliphatic rings. The molecule has 0 amide bonds. The molecule has 0 spiro atoms. The Balaban J connectivity index is 1.93. The van der Waals surface area contributed by atoms with Crippen molar-refractivity contribution in [3.05, 3.63) is 0 Å². The van der Waals surface area contributed by atoms with Crippen molar-refractivity contribution < 1.29 is 4.39 Å². The topological polar surface area (TPSA) is 12.0 Å². The summed E-state index contributed by atoms with van der Waals surface area (Å²) in [5, 5.41) is 3.22. The van der Waals surface area contributed by atoms with Gasteiger partial charge in [-0.15, -0.1) is 0 Å². The smallest absolute Gasteiger partial charge is 0.113 e. The number of nitrogens with one attached hydrogen (secondary N) is 1. The molecule has 1 nitrogen and oxygen atoms in total. The second kappa shape index (κ2) is 8.05. The highest BCUT2D eigenvalue weighted by atomic mass is 19.1. The van der Waals surface area contributed by atoms with Crippen LogP contribution in [-0.4, -0.2) is 18.8 Å². The van der Waals surface area contributed by atoms with Crippen LogP contribution < -0.4 is 5.32 Å². The standard InChI is InChI=1S/C14H28FN/c1-2-3-4-5-6-7-8-9-14(15)10-12-16-13-11-14/h16H,2-13H2,1H3. The molecule has 96 valence electrons. The van der Waals surface area contributed by atoms with Gasteiger partial charge in [-0.2, -0.15) is 0 Å². The lowest BCUT2D eigenvalue weighted by Crippen LogP contribution is -2.38. The Morgan fingerprint density at radius 3 is 2.12 bits per heavy atom. The number of alkyl halides is 1. The molecule has 1 saturated heterocycles. The van der Waals surface area contributed by atoms with Crippen molar-refractivity contribution in [2.45, 2.75) is 76.8 Å². The lowest BCUT2D eigenvalue weighted by molar-refractivity contribution is 0.101. The lowest BCUT2D eigenvalue weighted by atomic mass is 9.88. The summed E-state index contributed by atoms with van der Waals surface area (Å²) in [4.78, 5) is 0. The molecule has 0 aromatic rings. The van der Waals surface area contributed by atoms with E-state index >= 15 is 0 Å². The number of hydrogen-bond donors (Lipinski definition) is 1. The van der Waals surface area contributed by atoms with Crippen molar-refractivity contribution >= 4 is 0 Å². The van der Waals surface area contributed by atoms with Gasteiger partial charge >= 0.3 is 0 Å². The highest BCUT2D eigenvalue weighted by Gasteiger charge is 2.30. The maximum atomic E-state index is 14.2. The van der Waals surface area contributed by atoms with Gasteiger partial charge in [0.2, 0.25) is 0 Å². The van der Waals surface area contributed by atoms with Gasteiger partial charge in [0.15, 0.2) is 0 Å². The molecule has 0 bridgehead atoms. The van der Waals surface area contributed by atoms with Crippen molar-refractivity contribution in [3.8, 4) is 0 Å². The van der Waals surface area contributed by atoms with Crippen LogP contribution in [0.2, 0.25) is 0 Å². The van der Waals surface area contributed by atoms with Crippen LogP contribution in [0.4, 0.5) is 4.39 Å². The third-order valence-corrected chi connectivity index (χ3v) is 3.73. The van der Waals surface area contributed by atoms with Crippen molar-refractivity contribution in [2.24, 2.45) is 0 Å². The second-order valence-electron chi connectivity index (χ2n) is 5.27. The fourth-order valence-electron chi connectivity index (χ4n) is 2.52. The molecule has 0 aromatic carbocycles. The second-order valence-corrected chi connectivity index (χ2v) is 5.27. The fourth-order valence-corrected chi connectivity index (χ4v) is 2.52. The van der Waals surface area contributed by atoms with E-state index in [2.05, 4.69) is 12.2 Å². The van der Waals surface area contributed by atoms with Gasteiger partial charge in [0, 0.05) is 0 Å². The van der Waals surface area contributed by atoms with E-state index in [-0.39, 0.29) is 0 Å². The summed E-state index contributed by atoms with van der Waals surface area (Å²) in [6.07, 6.45) is 11.2. The van der Waals surface area contributed by atoms with Crippen molar-refractivity contribution in [1.29, 1.82) is 0 Å². The van der Waals surface area contributed by atoms with Gasteiger partial charge in [-0.25, -0.2) is 4.39 Å². The third-order valence-electron chi connectivity index (χ3n) is 3.73. The molecule has 0 atom stereocenters. The van der Waals surface area contributed by atoms with E-state index in [0.29, 0.717) is 0 Å². The molecule has 0 radical (unpaired) electrons. The minimum Gasteiger partial charge on any atom is -0.316 e. The van der Waals surface area contributed by atoms with E-state index < -0.39 is 5.67 Å². The van der Waals surface area contributed by atoms with Gasteiger partial charge in [0.25, 0.3) is 0 Å². The van der Waals surface area contributed by atoms with Gasteiger partial charge < -0.3 is 5.32 Å². The van der Waals surface area contributed by atoms with Crippen molar-refractivity contribution in [1.82, 2.24) is 5.32 Å². The predicted molar refractivity (Wildman–Crippen MR) is 68.6 cm³/mol. The first kappa shape index (κ1) is 14.0. The summed E-state index contributed by atoms with van der Waals surface area (Å²) >= 11 is 0. The van der Waals surface area contributed by atoms with Gasteiger partial charge in [-0.3, -0.25) is 0 Å². The maximum absolute atomic E-state index is 14.2. The van der Waals surface area contributed by atoms with Crippen LogP contribution >= 0.6 is 0 Å². The average Bonchev–Trinajstić information content (AvgIpc) is 2.29. The van der Waals surface area contributed by atoms with Crippen molar-refractivity contribution in [3.63, 3.8) is 0 Å². The number of piperidine rings is 1. The Bertz CT molecular complexity index is 164. The predicted octanol–water partition coefficient (Wildman–Crippen LogP) is 4.22. The van der Waals surface area contributed by atoms with Crippen molar-refractivity contribution in [2.75, 3.05) is 13.1 Å². The Morgan fingerprint density at radius 1 is 0.938 bits per heavy atom. The molecule has 1 fully saturated rings. The zero-order valence-corrected chi connectivity index (χ0v) is 10.9. The minimum atomic E-state index is -0.839. The van der Waals surface area contributed by atoms with Crippen LogP contribution in [0.25, 0.3) is 0 Å². The Labute approximate surface area is 100 Å². The lowest BCUT2D eigenvalue weighted by Gasteiger charge is -2.30. The van der Waals surface area contributed by atoms with E-state index in [0.717, 1.165) is 38.8 Å². The summed E-state index contributed by atoms with van der Waals surface area (Å²) in [6.45, 7) is 3.98. The summed E-state index contributed by atoms with van der Waals surface area (Å²) in [6, 6.07) is 0. The largest absolute Gasteiger partial charge is 0.316 e. The number of unbranched alkanes of at least 4 members (excludes halogenated alkanes) is 6. The summed E-state index contributed by atoms with van der Waals surface area (Å²) in [5.74, 6) is 0. The van der Waals surface area contributed by atoms with E-state index in [4.69, 9.17) is 0 Å². The summed E-state index contributed by atoms with van der Waals surface area (Å²) < 4.78 is 14.2. The highest BCUT2D eigenvalue weighted by molar-refractivity contribution is 4.84. The monoisotopic (exact) mass is 229 g/mol. The van der Waals surface area contributed by atoms with Crippen LogP contribution in [0.3, 0.4) is 0 Å². The molecule has 1 aliphatic heterocycles. The molecule has 1 N–H and O–H groups in total. The molecule has 1 rings (SSSR count). The number of halogens is 1. The molecule has 0 unspecified atom stereocenters. The first-order valence-electron chi connectivity index (χ1n) is 7.16. The summed E-state index contributed by atoms with van der Waals surface area (Å²) in [5.41, 5.74) is -0.839. The maximum Gasteiger partial charge on any atom is 0.113 e. The fraction of sp³-hybridized carbons (Fsp3) is 1.00. The normalized spacial score (nSPS) is 19.9. The summed E-state index contributed by atoms with van der Waals surface area (Å²) in [7, 11) is 0. The zero-order chi connectivity index (χ0) is 11.7. The molecule has 16 heavy (non-hydrogen) atoms. The third kappa shape index (κ3) is 5.83. The van der Waals surface area contributed by atoms with Gasteiger partial charge in [-0.05, 0) is 32.4 Å². The van der Waals surface area contributed by atoms with Gasteiger partial charge in [0.05, 0.1) is 0 Å². The van der Waals surface area contributed by atoms with E-state index in [1.807, 2.05) is 0 Å². The molecule has 0 aromatic heterocycles. The van der Waals surface area contributed by atoms with Gasteiger partial charge in [-0.1, -0.05) is 51.9 Å². The highest BCUT2D eigenvalue weighted by Crippen LogP contribution is 2.29. The van der Waals surface area contributed by atoms with E-state index in [1.54, 1.807) is 0 Å². The first-order valence-corrected chi connectivity index (χ1v) is 7.16. The van der Waals surface area contributed by atoms with Crippen LogP contribution in [-0.2, 0) is 0 Å². The van der Waals surface area contributed by atoms with Crippen LogP contribution in [0.5, 0.6) is 0 Å². The molecule has 1 heterocycles. The zero-order valence-electron chi connectivity index (χ0n) is 10.9. The molecule has 0 aliphatic carbocycles. The Kier molecular flexibility index (Phi) is 7.02. The minimum absolute atomic E-state index is 0.725. The Morgan fingerprint density at radius 2 is 1.50 bits per heavy atom.